The molecule has 0 atom stereocenters. The van der Waals surface area contributed by atoms with E-state index >= 15 is 0 Å². The third-order valence-corrected chi connectivity index (χ3v) is 0. The van der Waals surface area contributed by atoms with Gasteiger partial charge in [0.05, 0.1) is 0 Å². The molecule has 0 saturated heterocycles. The van der Waals surface area contributed by atoms with E-state index in [2.05, 4.69) is 0 Å². The minimum absolute atomic E-state index is 0. The molecular weight excluding hydrogens is 193 g/mol. The number of rotatable bonds is 0. The van der Waals surface area contributed by atoms with Crippen LogP contribution in [0.25, 0.3) is 0 Å². The summed E-state index contributed by atoms with van der Waals surface area (Å²) in [7, 11) is 0. The van der Waals surface area contributed by atoms with Crippen LogP contribution in [0.5, 0.6) is 0 Å². The fourth-order valence-corrected chi connectivity index (χ4v) is 0. The fraction of sp³-hybridized carbons (Fsp3) is 0. The van der Waals surface area contributed by atoms with Crippen molar-refractivity contribution in [2.75, 3.05) is 0 Å². The summed E-state index contributed by atoms with van der Waals surface area (Å²) in [6.07, 6.45) is 0. The summed E-state index contributed by atoms with van der Waals surface area (Å²) in [5.74, 6) is 0. The Morgan fingerprint density at radius 2 is 1.00 bits per heavy atom. The zero-order valence-corrected chi connectivity index (χ0v) is 4.67. The largest absolute Gasteiger partial charge is 0.269 e. The first kappa shape index (κ1) is 49.9. The average Bonchev–Trinajstić information content (AvgIpc) is 0. The average molecular weight is 194 g/mol. The molecule has 0 aliphatic rings. The molecule has 0 spiro atoms. The van der Waals surface area contributed by atoms with E-state index in [0.29, 0.717) is 0 Å². The molecule has 0 aliphatic carbocycles. The molecule has 0 fully saturated rings. The number of hydrogen-bond donors (Lipinski definition) is 0. The minimum atomic E-state index is 0. The van der Waals surface area contributed by atoms with E-state index in [9.17, 15) is 0 Å². The Bertz CT molecular complexity index is 8.00. The molecule has 0 saturated carbocycles. The van der Waals surface area contributed by atoms with E-state index in [-0.39, 0.29) is 55.9 Å². The molecule has 2 radical (unpaired) electrons. The maximum atomic E-state index is 0. The molecule has 0 bridgehead atoms. The van der Waals surface area contributed by atoms with Crippen molar-refractivity contribution in [2.24, 2.45) is 0 Å². The summed E-state index contributed by atoms with van der Waals surface area (Å²) in [6, 6.07) is 0. The van der Waals surface area contributed by atoms with Crippen LogP contribution in [0.3, 0.4) is 0 Å². The Morgan fingerprint density at radius 3 is 1.00 bits per heavy atom. The van der Waals surface area contributed by atoms with Gasteiger partial charge < -0.3 is 0 Å². The zero-order valence-electron chi connectivity index (χ0n) is 1.44. The Hall–Kier alpha value is 1.49. The van der Waals surface area contributed by atoms with Gasteiger partial charge in [-0.1, -0.05) is 0 Å². The van der Waals surface area contributed by atoms with Gasteiger partial charge in [-0.2, -0.15) is 0 Å². The summed E-state index contributed by atoms with van der Waals surface area (Å²) >= 11 is 0. The summed E-state index contributed by atoms with van der Waals surface area (Å²) in [5, 5.41) is 0. The predicted octanol–water partition coefficient (Wildman–Crippen LogP) is 0.145. The van der Waals surface area contributed by atoms with Gasteiger partial charge in [0, 0.05) is 51.2 Å². The van der Waals surface area contributed by atoms with Crippen molar-refractivity contribution in [3.63, 3.8) is 0 Å². The second kappa shape index (κ2) is 24.7. The van der Waals surface area contributed by atoms with Crippen LogP contribution in [0, 0.1) is 0 Å². The van der Waals surface area contributed by atoms with Crippen LogP contribution < -0.4 is 0 Å². The van der Waals surface area contributed by atoms with E-state index < -0.39 is 0 Å². The van der Waals surface area contributed by atoms with E-state index in [0.717, 1.165) is 0 Å². The third-order valence-electron chi connectivity index (χ3n) is 0. The van der Waals surface area contributed by atoms with Crippen LogP contribution in [-0.2, 0) is 51.2 Å². The summed E-state index contributed by atoms with van der Waals surface area (Å²) in [6.45, 7) is 0. The van der Waals surface area contributed by atoms with Crippen molar-refractivity contribution >= 4 is 0 Å². The monoisotopic (exact) mass is 194 g/mol. The molecule has 0 N–H and O–H groups in total. The summed E-state index contributed by atoms with van der Waals surface area (Å²) in [5.41, 5.74) is 0. The number of halogens is 1. The fourth-order valence-electron chi connectivity index (χ4n) is 0. The van der Waals surface area contributed by atoms with Crippen LogP contribution in [0.1, 0.15) is 0 Å². The molecule has 4 heteroatoms. The van der Waals surface area contributed by atoms with Crippen LogP contribution in [-0.4, -0.2) is 0 Å². The maximum absolute atomic E-state index is 0. The molecule has 34 valence electrons. The maximum Gasteiger partial charge on any atom is 0 e. The van der Waals surface area contributed by atoms with Crippen molar-refractivity contribution in [2.45, 2.75) is 0 Å². The minimum Gasteiger partial charge on any atom is -0.269 e. The van der Waals surface area contributed by atoms with Crippen molar-refractivity contribution in [3.8, 4) is 0 Å². The van der Waals surface area contributed by atoms with Gasteiger partial charge in [0.25, 0.3) is 0 Å². The van der Waals surface area contributed by atoms with Gasteiger partial charge in [0.15, 0.2) is 0 Å². The molecule has 0 amide bonds. The first-order valence-electron chi connectivity index (χ1n) is 0. The van der Waals surface area contributed by atoms with Crippen molar-refractivity contribution in [1.82, 2.24) is 0 Å². The van der Waals surface area contributed by atoms with E-state index in [1.807, 2.05) is 0 Å². The Morgan fingerprint density at radius 1 is 1.00 bits per heavy atom. The van der Waals surface area contributed by atoms with Gasteiger partial charge in [-0.15, -0.1) is 0 Å². The third kappa shape index (κ3) is 9.75. The summed E-state index contributed by atoms with van der Waals surface area (Å²) in [4.78, 5) is 0. The van der Waals surface area contributed by atoms with Crippen LogP contribution in [0.15, 0.2) is 0 Å². The molecule has 0 rings (SSSR count). The topological polar surface area (TPSA) is 0 Å². The van der Waals surface area contributed by atoms with Crippen LogP contribution in [0.4, 0.5) is 4.70 Å². The van der Waals surface area contributed by atoms with Gasteiger partial charge >= 0.3 is 0 Å². The van der Waals surface area contributed by atoms with Crippen molar-refractivity contribution in [1.29, 1.82) is 0 Å². The van der Waals surface area contributed by atoms with Gasteiger partial charge in [-0.3, -0.25) is 4.70 Å². The van der Waals surface area contributed by atoms with E-state index in [1.165, 1.54) is 0 Å². The smallest absolute Gasteiger partial charge is 0 e. The molecule has 0 heterocycles. The standard InChI is InChI=1S/Cu.FH.Fe.Mn/h;1H;;. The molecule has 0 aromatic rings. The molecule has 0 aliphatic heterocycles. The zero-order chi connectivity index (χ0) is 0. The molecule has 0 unspecified atom stereocenters. The Labute approximate surface area is 55.9 Å². The predicted molar refractivity (Wildman–Crippen MR) is 2.50 cm³/mol. The number of hydrogen-bond acceptors (Lipinski definition) is 0. The van der Waals surface area contributed by atoms with Crippen LogP contribution in [0.2, 0.25) is 0 Å². The second-order valence-electron chi connectivity index (χ2n) is 0. The van der Waals surface area contributed by atoms with E-state index in [1.54, 1.807) is 0 Å². The molecular formula is HCuFFeMn. The molecule has 0 aromatic carbocycles. The van der Waals surface area contributed by atoms with Gasteiger partial charge in [-0.25, -0.2) is 0 Å². The molecule has 0 aromatic heterocycles. The second-order valence-corrected chi connectivity index (χ2v) is 0. The SMILES string of the molecule is F.[Cu].[Fe].[Mn]. The van der Waals surface area contributed by atoms with Crippen molar-refractivity contribution in [3.05, 3.63) is 0 Å². The summed E-state index contributed by atoms with van der Waals surface area (Å²) < 4.78 is 0. The van der Waals surface area contributed by atoms with Crippen LogP contribution >= 0.6 is 0 Å². The Kier molecular flexibility index (Phi) is 308. The molecule has 0 nitrogen and oxygen atoms in total. The van der Waals surface area contributed by atoms with E-state index in [4.69, 9.17) is 0 Å². The first-order chi connectivity index (χ1) is 0. The van der Waals surface area contributed by atoms with Crippen molar-refractivity contribution < 1.29 is 55.9 Å². The van der Waals surface area contributed by atoms with Gasteiger partial charge in [-0.05, 0) is 0 Å². The first-order valence-corrected chi connectivity index (χ1v) is 0. The van der Waals surface area contributed by atoms with Gasteiger partial charge in [0.1, 0.15) is 0 Å². The molecule has 4 heavy (non-hydrogen) atoms. The quantitative estimate of drug-likeness (QED) is 0.481. The Balaban J connectivity index is 0. The normalized spacial score (nSPS) is 0. The van der Waals surface area contributed by atoms with Gasteiger partial charge in [0.2, 0.25) is 0 Å².